The molecular weight excluding hydrogens is 186 g/mol. The van der Waals surface area contributed by atoms with Crippen molar-refractivity contribution in [2.24, 2.45) is 0 Å². The second kappa shape index (κ2) is 3.25. The first-order chi connectivity index (χ1) is 5.92. The molecule has 0 spiro atoms. The van der Waals surface area contributed by atoms with Crippen molar-refractivity contribution in [3.05, 3.63) is 36.5 Å². The topological polar surface area (TPSA) is 22.1 Å². The number of hydrogen-bond donors (Lipinski definition) is 0. The molecule has 0 N–H and O–H groups in total. The number of para-hydroxylation sites is 1. The van der Waals surface area contributed by atoms with Crippen molar-refractivity contribution in [3.63, 3.8) is 0 Å². The Balaban J connectivity index is 2.79. The van der Waals surface area contributed by atoms with E-state index in [9.17, 15) is 0 Å². The summed E-state index contributed by atoms with van der Waals surface area (Å²) >= 11 is 1.66. The van der Waals surface area contributed by atoms with Crippen LogP contribution in [0.15, 0.2) is 36.5 Å². The Labute approximate surface area is 82.5 Å². The van der Waals surface area contributed by atoms with Crippen LogP contribution in [0, 0.1) is 0 Å². The van der Waals surface area contributed by atoms with Gasteiger partial charge in [-0.2, -0.15) is 0 Å². The Morgan fingerprint density at radius 2 is 2.00 bits per heavy atom. The van der Waals surface area contributed by atoms with E-state index in [1.165, 1.54) is 0 Å². The van der Waals surface area contributed by atoms with E-state index in [2.05, 4.69) is 4.98 Å². The van der Waals surface area contributed by atoms with Crippen LogP contribution in [0.2, 0.25) is 0 Å². The summed E-state index contributed by atoms with van der Waals surface area (Å²) in [7, 11) is 0. The van der Waals surface area contributed by atoms with Crippen LogP contribution in [0.3, 0.4) is 0 Å². The molecule has 2 rings (SSSR count). The number of hydrogen-bond acceptors (Lipinski definition) is 2. The summed E-state index contributed by atoms with van der Waals surface area (Å²) in [5.74, 6) is 0.827. The molecule has 0 radical (unpaired) electrons. The van der Waals surface area contributed by atoms with Gasteiger partial charge in [-0.3, -0.25) is 0 Å². The number of fused-ring (bicyclic) bond motifs is 1. The Kier molecular flexibility index (Phi) is 2.11. The van der Waals surface area contributed by atoms with E-state index >= 15 is 0 Å². The van der Waals surface area contributed by atoms with Gasteiger partial charge in [0.15, 0.2) is 0 Å². The van der Waals surface area contributed by atoms with E-state index in [-0.39, 0.29) is 0 Å². The van der Waals surface area contributed by atoms with Crippen LogP contribution in [-0.4, -0.2) is 4.98 Å². The van der Waals surface area contributed by atoms with Gasteiger partial charge in [0.2, 0.25) is 0 Å². The van der Waals surface area contributed by atoms with Crippen LogP contribution in [0.1, 0.15) is 0 Å². The molecule has 0 aliphatic heterocycles. The number of pyridine rings is 1. The van der Waals surface area contributed by atoms with Gasteiger partial charge in [-0.1, -0.05) is 0 Å². The van der Waals surface area contributed by atoms with E-state index < -0.39 is 0 Å². The van der Waals surface area contributed by atoms with Gasteiger partial charge < -0.3 is 0 Å². The quantitative estimate of drug-likeness (QED) is 0.645. The van der Waals surface area contributed by atoms with Crippen molar-refractivity contribution in [1.29, 1.82) is 0 Å². The molecule has 0 aliphatic carbocycles. The Hall–Kier alpha value is -0.856. The molecule has 0 saturated carbocycles. The van der Waals surface area contributed by atoms with Crippen LogP contribution >= 0.6 is 0 Å². The summed E-state index contributed by atoms with van der Waals surface area (Å²) < 4.78 is 5.16. The van der Waals surface area contributed by atoms with Crippen LogP contribution in [0.5, 0.6) is 5.75 Å². The van der Waals surface area contributed by atoms with Crippen molar-refractivity contribution in [2.75, 3.05) is 0 Å². The van der Waals surface area contributed by atoms with Gasteiger partial charge in [-0.05, 0) is 0 Å². The number of aromatic nitrogens is 1. The zero-order valence-electron chi connectivity index (χ0n) is 6.32. The molecule has 1 heterocycles. The number of rotatable bonds is 1. The molecule has 2 aromatic rings. The van der Waals surface area contributed by atoms with E-state index in [0.717, 1.165) is 16.7 Å². The average molecular weight is 192 g/mol. The number of nitrogens with zero attached hydrogens (tertiary/aromatic N) is 1. The molecule has 0 bridgehead atoms. The molecule has 0 unspecified atom stereocenters. The molecule has 0 aliphatic rings. The first-order valence-electron chi connectivity index (χ1n) is 3.59. The van der Waals surface area contributed by atoms with Gasteiger partial charge in [-0.15, -0.1) is 0 Å². The van der Waals surface area contributed by atoms with Gasteiger partial charge in [-0.25, -0.2) is 0 Å². The fraction of sp³-hybridized carbons (Fsp3) is 0. The van der Waals surface area contributed by atoms with Crippen molar-refractivity contribution in [3.8, 4) is 5.75 Å². The molecule has 0 atom stereocenters. The van der Waals surface area contributed by atoms with Crippen molar-refractivity contribution < 1.29 is 24.1 Å². The minimum absolute atomic E-state index is 0.827. The zero-order chi connectivity index (χ0) is 8.39. The van der Waals surface area contributed by atoms with Crippen LogP contribution in [0.4, 0.5) is 0 Å². The first kappa shape index (κ1) is 7.78. The third-order valence-electron chi connectivity index (χ3n) is 1.71. The third kappa shape index (κ3) is 1.24. The van der Waals surface area contributed by atoms with E-state index in [0.29, 0.717) is 0 Å². The number of benzene rings is 1. The second-order valence-electron chi connectivity index (χ2n) is 2.43. The van der Waals surface area contributed by atoms with Crippen molar-refractivity contribution in [2.45, 2.75) is 0 Å². The molecule has 0 fully saturated rings. The summed E-state index contributed by atoms with van der Waals surface area (Å²) in [6, 6.07) is 9.83. The van der Waals surface area contributed by atoms with Gasteiger partial charge in [0.05, 0.1) is 0 Å². The summed E-state index contributed by atoms with van der Waals surface area (Å²) in [6.07, 6.45) is 1.77. The summed E-state index contributed by atoms with van der Waals surface area (Å²) in [5, 5.41) is 1.11. The maximum atomic E-state index is 5.16. The first-order valence-corrected chi connectivity index (χ1v) is 4.23. The molecule has 2 nitrogen and oxygen atoms in total. The average Bonchev–Trinajstić information content (AvgIpc) is 2.17. The van der Waals surface area contributed by atoms with Crippen LogP contribution in [0.25, 0.3) is 10.9 Å². The molecule has 57 valence electrons. The maximum absolute atomic E-state index is 5.16. The zero-order valence-corrected chi connectivity index (χ0v) is 7.88. The van der Waals surface area contributed by atoms with Crippen LogP contribution < -0.4 is 3.32 Å². The molecule has 0 saturated heterocycles. The van der Waals surface area contributed by atoms with E-state index in [1.54, 1.807) is 27.0 Å². The van der Waals surface area contributed by atoms with E-state index in [4.69, 9.17) is 3.32 Å². The molecule has 0 amide bonds. The molecule has 12 heavy (non-hydrogen) atoms. The fourth-order valence-corrected chi connectivity index (χ4v) is 1.42. The molecular formula is C9H6NOTi. The SMILES string of the molecule is [Ti][O]c1cccc2cccnc12. The minimum atomic E-state index is 0.827. The molecule has 1 aromatic carbocycles. The summed E-state index contributed by atoms with van der Waals surface area (Å²) in [5.41, 5.74) is 0.919. The van der Waals surface area contributed by atoms with Crippen LogP contribution in [-0.2, 0) is 20.8 Å². The molecule has 1 aromatic heterocycles. The molecule has 3 heteroatoms. The van der Waals surface area contributed by atoms with Crippen molar-refractivity contribution in [1.82, 2.24) is 4.98 Å². The summed E-state index contributed by atoms with van der Waals surface area (Å²) in [6.45, 7) is 0. The normalized spacial score (nSPS) is 9.92. The Morgan fingerprint density at radius 3 is 2.83 bits per heavy atom. The van der Waals surface area contributed by atoms with Gasteiger partial charge >= 0.3 is 82.3 Å². The predicted molar refractivity (Wildman–Crippen MR) is 42.4 cm³/mol. The predicted octanol–water partition coefficient (Wildman–Crippen LogP) is 2.08. The van der Waals surface area contributed by atoms with Gasteiger partial charge in [0, 0.05) is 0 Å². The Morgan fingerprint density at radius 1 is 1.17 bits per heavy atom. The second-order valence-corrected chi connectivity index (χ2v) is 2.75. The van der Waals surface area contributed by atoms with Crippen molar-refractivity contribution >= 4 is 10.9 Å². The fourth-order valence-electron chi connectivity index (χ4n) is 1.16. The van der Waals surface area contributed by atoms with Gasteiger partial charge in [0.1, 0.15) is 0 Å². The Bertz CT molecular complexity index is 397. The monoisotopic (exact) mass is 192 g/mol. The third-order valence-corrected chi connectivity index (χ3v) is 2.05. The summed E-state index contributed by atoms with van der Waals surface area (Å²) in [4.78, 5) is 4.23. The van der Waals surface area contributed by atoms with Gasteiger partial charge in [0.25, 0.3) is 0 Å². The van der Waals surface area contributed by atoms with E-state index in [1.807, 2.05) is 30.3 Å². The standard InChI is InChI=1S/C9H7NO.Ti/c11-8-5-1-3-7-4-2-6-10-9(7)8;/h1-6,11H;/q;+1/p-1.